The maximum absolute atomic E-state index is 12.4. The number of aromatic nitrogens is 1. The molecule has 114 valence electrons. The van der Waals surface area contributed by atoms with Crippen LogP contribution >= 0.6 is 27.7 Å². The Kier molecular flexibility index (Phi) is 7.28. The SMILES string of the molecule is CCCNc1ncc(Br)cc1S(=O)(=O)NC(C)CSC. The van der Waals surface area contributed by atoms with Gasteiger partial charge in [-0.05, 0) is 41.6 Å². The van der Waals surface area contributed by atoms with Gasteiger partial charge in [-0.25, -0.2) is 18.1 Å². The Hall–Kier alpha value is -0.310. The van der Waals surface area contributed by atoms with Gasteiger partial charge in [0, 0.05) is 29.0 Å². The second kappa shape index (κ2) is 8.21. The fourth-order valence-electron chi connectivity index (χ4n) is 1.61. The molecule has 0 aromatic carbocycles. The molecule has 1 heterocycles. The summed E-state index contributed by atoms with van der Waals surface area (Å²) in [7, 11) is -3.58. The number of nitrogens with one attached hydrogen (secondary N) is 2. The predicted octanol–water partition coefficient (Wildman–Crippen LogP) is 2.70. The zero-order valence-corrected chi connectivity index (χ0v) is 15.0. The van der Waals surface area contributed by atoms with Gasteiger partial charge in [0.15, 0.2) is 0 Å². The van der Waals surface area contributed by atoms with Crippen LogP contribution in [0.25, 0.3) is 0 Å². The van der Waals surface area contributed by atoms with Gasteiger partial charge in [0.1, 0.15) is 10.7 Å². The molecule has 1 rings (SSSR count). The molecule has 2 N–H and O–H groups in total. The van der Waals surface area contributed by atoms with Crippen molar-refractivity contribution in [3.05, 3.63) is 16.7 Å². The summed E-state index contributed by atoms with van der Waals surface area (Å²) >= 11 is 4.87. The van der Waals surface area contributed by atoms with E-state index in [0.717, 1.165) is 12.2 Å². The normalized spacial score (nSPS) is 13.2. The van der Waals surface area contributed by atoms with Gasteiger partial charge in [0.05, 0.1) is 0 Å². The standard InChI is InChI=1S/C12H20BrN3O2S2/c1-4-5-14-12-11(6-10(13)7-15-12)20(17,18)16-9(2)8-19-3/h6-7,9,16H,4-5,8H2,1-3H3,(H,14,15). The molecule has 1 aromatic heterocycles. The van der Waals surface area contributed by atoms with Gasteiger partial charge in [-0.15, -0.1) is 0 Å². The number of pyridine rings is 1. The summed E-state index contributed by atoms with van der Waals surface area (Å²) in [4.78, 5) is 4.33. The highest BCUT2D eigenvalue weighted by Gasteiger charge is 2.22. The van der Waals surface area contributed by atoms with E-state index in [1.165, 1.54) is 0 Å². The lowest BCUT2D eigenvalue weighted by molar-refractivity contribution is 0.571. The fraction of sp³-hybridized carbons (Fsp3) is 0.583. The van der Waals surface area contributed by atoms with Gasteiger partial charge in [-0.3, -0.25) is 0 Å². The van der Waals surface area contributed by atoms with E-state index >= 15 is 0 Å². The Balaban J connectivity index is 3.05. The third kappa shape index (κ3) is 5.23. The molecule has 0 aliphatic heterocycles. The molecule has 5 nitrogen and oxygen atoms in total. The molecule has 0 fully saturated rings. The van der Waals surface area contributed by atoms with Crippen molar-refractivity contribution in [1.29, 1.82) is 0 Å². The largest absolute Gasteiger partial charge is 0.369 e. The highest BCUT2D eigenvalue weighted by Crippen LogP contribution is 2.23. The molecule has 0 spiro atoms. The van der Waals surface area contributed by atoms with E-state index in [9.17, 15) is 8.42 Å². The molecule has 0 saturated carbocycles. The summed E-state index contributed by atoms with van der Waals surface area (Å²) in [6, 6.07) is 1.44. The van der Waals surface area contributed by atoms with Crippen molar-refractivity contribution in [3.8, 4) is 0 Å². The van der Waals surface area contributed by atoms with E-state index in [1.54, 1.807) is 24.0 Å². The first-order valence-corrected chi connectivity index (χ1v) is 9.98. The summed E-state index contributed by atoms with van der Waals surface area (Å²) in [5.74, 6) is 1.11. The molecule has 1 aromatic rings. The Morgan fingerprint density at radius 2 is 2.20 bits per heavy atom. The first-order valence-electron chi connectivity index (χ1n) is 6.31. The number of nitrogens with zero attached hydrogens (tertiary/aromatic N) is 1. The van der Waals surface area contributed by atoms with E-state index in [1.807, 2.05) is 20.1 Å². The highest BCUT2D eigenvalue weighted by molar-refractivity contribution is 9.10. The summed E-state index contributed by atoms with van der Waals surface area (Å²) in [6.45, 7) is 4.54. The average Bonchev–Trinajstić information content (AvgIpc) is 2.37. The number of thioether (sulfide) groups is 1. The lowest BCUT2D eigenvalue weighted by Crippen LogP contribution is -2.34. The highest BCUT2D eigenvalue weighted by atomic mass is 79.9. The first-order chi connectivity index (χ1) is 9.40. The third-order valence-corrected chi connectivity index (χ3v) is 5.29. The summed E-state index contributed by atoms with van der Waals surface area (Å²) in [5, 5.41) is 3.05. The van der Waals surface area contributed by atoms with Crippen LogP contribution in [0.4, 0.5) is 5.82 Å². The van der Waals surface area contributed by atoms with Crippen LogP contribution in [-0.2, 0) is 10.0 Å². The van der Waals surface area contributed by atoms with Crippen molar-refractivity contribution in [2.45, 2.75) is 31.2 Å². The van der Waals surface area contributed by atoms with Gasteiger partial charge in [0.25, 0.3) is 0 Å². The monoisotopic (exact) mass is 381 g/mol. The van der Waals surface area contributed by atoms with E-state index in [0.29, 0.717) is 16.8 Å². The Labute approximate surface area is 133 Å². The molecule has 20 heavy (non-hydrogen) atoms. The Morgan fingerprint density at radius 1 is 1.50 bits per heavy atom. The maximum atomic E-state index is 12.4. The van der Waals surface area contributed by atoms with Crippen LogP contribution in [0.5, 0.6) is 0 Å². The molecule has 1 atom stereocenters. The van der Waals surface area contributed by atoms with Crippen LogP contribution < -0.4 is 10.0 Å². The van der Waals surface area contributed by atoms with Crippen LogP contribution in [0.1, 0.15) is 20.3 Å². The summed E-state index contributed by atoms with van der Waals surface area (Å²) in [5.41, 5.74) is 0. The van der Waals surface area contributed by atoms with Gasteiger partial charge >= 0.3 is 0 Å². The van der Waals surface area contributed by atoms with Crippen molar-refractivity contribution in [3.63, 3.8) is 0 Å². The van der Waals surface area contributed by atoms with Gasteiger partial charge in [-0.2, -0.15) is 11.8 Å². The lowest BCUT2D eigenvalue weighted by atomic mass is 10.4. The average molecular weight is 382 g/mol. The van der Waals surface area contributed by atoms with Crippen molar-refractivity contribution in [1.82, 2.24) is 9.71 Å². The molecule has 0 aliphatic rings. The zero-order valence-electron chi connectivity index (χ0n) is 11.8. The van der Waals surface area contributed by atoms with Gasteiger partial charge in [-0.1, -0.05) is 6.92 Å². The summed E-state index contributed by atoms with van der Waals surface area (Å²) < 4.78 is 28.2. The van der Waals surface area contributed by atoms with Crippen LogP contribution in [0.15, 0.2) is 21.6 Å². The molecule has 0 aliphatic carbocycles. The van der Waals surface area contributed by atoms with E-state index in [2.05, 4.69) is 31.0 Å². The van der Waals surface area contributed by atoms with Crippen molar-refractivity contribution >= 4 is 43.5 Å². The molecule has 0 amide bonds. The third-order valence-electron chi connectivity index (χ3n) is 2.42. The topological polar surface area (TPSA) is 71.1 Å². The second-order valence-corrected chi connectivity index (χ2v) is 7.91. The molecular weight excluding hydrogens is 362 g/mol. The molecule has 0 saturated heterocycles. The number of hydrogen-bond donors (Lipinski definition) is 2. The van der Waals surface area contributed by atoms with E-state index in [-0.39, 0.29) is 10.9 Å². The number of halogens is 1. The molecule has 0 radical (unpaired) electrons. The molecule has 1 unspecified atom stereocenters. The first kappa shape index (κ1) is 17.7. The fourth-order valence-corrected chi connectivity index (χ4v) is 4.19. The number of rotatable bonds is 8. The molecular formula is C12H20BrN3O2S2. The van der Waals surface area contributed by atoms with Crippen molar-refractivity contribution in [2.24, 2.45) is 0 Å². The van der Waals surface area contributed by atoms with Crippen LogP contribution in [0.2, 0.25) is 0 Å². The lowest BCUT2D eigenvalue weighted by Gasteiger charge is -2.16. The van der Waals surface area contributed by atoms with Gasteiger partial charge in [0.2, 0.25) is 10.0 Å². The minimum atomic E-state index is -3.58. The van der Waals surface area contributed by atoms with Crippen LogP contribution in [-0.4, -0.2) is 38.0 Å². The zero-order chi connectivity index (χ0) is 15.2. The Bertz CT molecular complexity index is 538. The minimum absolute atomic E-state index is 0.131. The quantitative estimate of drug-likeness (QED) is 0.724. The van der Waals surface area contributed by atoms with Crippen LogP contribution in [0, 0.1) is 0 Å². The predicted molar refractivity (Wildman–Crippen MR) is 88.9 cm³/mol. The number of anilines is 1. The number of hydrogen-bond acceptors (Lipinski definition) is 5. The number of sulfonamides is 1. The smallest absolute Gasteiger partial charge is 0.244 e. The van der Waals surface area contributed by atoms with Crippen LogP contribution in [0.3, 0.4) is 0 Å². The second-order valence-electron chi connectivity index (χ2n) is 4.40. The molecule has 0 bridgehead atoms. The maximum Gasteiger partial charge on any atom is 0.244 e. The molecule has 8 heteroatoms. The Morgan fingerprint density at radius 3 is 2.80 bits per heavy atom. The van der Waals surface area contributed by atoms with Crippen molar-refractivity contribution in [2.75, 3.05) is 23.9 Å². The van der Waals surface area contributed by atoms with Gasteiger partial charge < -0.3 is 5.32 Å². The van der Waals surface area contributed by atoms with E-state index in [4.69, 9.17) is 0 Å². The van der Waals surface area contributed by atoms with E-state index < -0.39 is 10.0 Å². The van der Waals surface area contributed by atoms with Crippen molar-refractivity contribution < 1.29 is 8.42 Å². The minimum Gasteiger partial charge on any atom is -0.369 e. The summed E-state index contributed by atoms with van der Waals surface area (Å²) in [6.07, 6.45) is 4.43.